The number of H-pyrrole nitrogens is 2. The zero-order valence-corrected chi connectivity index (χ0v) is 13.7. The number of carbonyl (C=O) groups is 2. The van der Waals surface area contributed by atoms with Gasteiger partial charge in [0.05, 0.1) is 0 Å². The molecule has 1 unspecified atom stereocenters. The Hall–Kier alpha value is -3.16. The molecule has 3 N–H and O–H groups in total. The smallest absolute Gasteiger partial charge is 0.345 e. The van der Waals surface area contributed by atoms with E-state index in [1.54, 1.807) is 0 Å². The molecule has 1 atom stereocenters. The standard InChI is InChI=1S/C17H19N3O5/c1-11(7-8-12-5-3-2-4-6-12)19-14(21)10-25-16(23)13-9-18-17(24)20-15(13)22/h2-6,9,11H,7-8,10H2,1H3,(H,19,21)(H2,18,20,22,24). The van der Waals surface area contributed by atoms with Gasteiger partial charge in [-0.25, -0.2) is 9.59 Å². The second-order valence-electron chi connectivity index (χ2n) is 5.55. The van der Waals surface area contributed by atoms with Gasteiger partial charge in [-0.2, -0.15) is 0 Å². The molecule has 25 heavy (non-hydrogen) atoms. The molecule has 0 saturated carbocycles. The first-order valence-electron chi connectivity index (χ1n) is 7.78. The van der Waals surface area contributed by atoms with Crippen LogP contribution in [0.5, 0.6) is 0 Å². The molecule has 0 radical (unpaired) electrons. The zero-order chi connectivity index (χ0) is 18.2. The van der Waals surface area contributed by atoms with Gasteiger partial charge < -0.3 is 15.0 Å². The molecule has 0 spiro atoms. The number of hydrogen-bond donors (Lipinski definition) is 3. The lowest BCUT2D eigenvalue weighted by atomic mass is 10.1. The van der Waals surface area contributed by atoms with Crippen LogP contribution in [0.1, 0.15) is 29.3 Å². The number of esters is 1. The van der Waals surface area contributed by atoms with E-state index in [4.69, 9.17) is 4.74 Å². The number of rotatable bonds is 7. The van der Waals surface area contributed by atoms with Crippen LogP contribution in [0.3, 0.4) is 0 Å². The molecule has 8 heteroatoms. The summed E-state index contributed by atoms with van der Waals surface area (Å²) in [5.41, 5.74) is -0.797. The molecule has 0 aliphatic carbocycles. The maximum atomic E-state index is 11.8. The van der Waals surface area contributed by atoms with Gasteiger partial charge in [0.15, 0.2) is 6.61 Å². The van der Waals surface area contributed by atoms with E-state index in [-0.39, 0.29) is 11.6 Å². The molecule has 1 aromatic heterocycles. The normalized spacial score (nSPS) is 11.6. The third-order valence-corrected chi connectivity index (χ3v) is 3.49. The molecule has 132 valence electrons. The van der Waals surface area contributed by atoms with Gasteiger partial charge in [-0.15, -0.1) is 0 Å². The average Bonchev–Trinajstić information content (AvgIpc) is 2.59. The summed E-state index contributed by atoms with van der Waals surface area (Å²) in [4.78, 5) is 49.9. The quantitative estimate of drug-likeness (QED) is 0.626. The molecule has 0 saturated heterocycles. The van der Waals surface area contributed by atoms with Crippen molar-refractivity contribution in [3.05, 3.63) is 68.5 Å². The number of carbonyl (C=O) groups excluding carboxylic acids is 2. The van der Waals surface area contributed by atoms with E-state index in [1.807, 2.05) is 42.2 Å². The van der Waals surface area contributed by atoms with E-state index in [9.17, 15) is 19.2 Å². The number of nitrogens with one attached hydrogen (secondary N) is 3. The molecule has 8 nitrogen and oxygen atoms in total. The Morgan fingerprint density at radius 1 is 1.20 bits per heavy atom. The monoisotopic (exact) mass is 345 g/mol. The summed E-state index contributed by atoms with van der Waals surface area (Å²) in [6, 6.07) is 9.78. The fourth-order valence-corrected chi connectivity index (χ4v) is 2.19. The van der Waals surface area contributed by atoms with Gasteiger partial charge in [-0.05, 0) is 25.3 Å². The Balaban J connectivity index is 1.77. The molecular formula is C17H19N3O5. The van der Waals surface area contributed by atoms with Crippen molar-refractivity contribution in [2.24, 2.45) is 0 Å². The highest BCUT2D eigenvalue weighted by atomic mass is 16.5. The molecule has 0 fully saturated rings. The first kappa shape index (κ1) is 18.2. The number of amides is 1. The van der Waals surface area contributed by atoms with Crippen LogP contribution in [0, 0.1) is 0 Å². The number of hydrogen-bond acceptors (Lipinski definition) is 5. The fourth-order valence-electron chi connectivity index (χ4n) is 2.19. The summed E-state index contributed by atoms with van der Waals surface area (Å²) in [5, 5.41) is 2.72. The Kier molecular flexibility index (Phi) is 6.27. The van der Waals surface area contributed by atoms with Crippen molar-refractivity contribution in [3.63, 3.8) is 0 Å². The first-order valence-corrected chi connectivity index (χ1v) is 7.78. The van der Waals surface area contributed by atoms with Crippen LogP contribution in [-0.2, 0) is 16.0 Å². The number of aryl methyl sites for hydroxylation is 1. The number of aromatic nitrogens is 2. The zero-order valence-electron chi connectivity index (χ0n) is 13.7. The lowest BCUT2D eigenvalue weighted by Crippen LogP contribution is -2.36. The lowest BCUT2D eigenvalue weighted by Gasteiger charge is -2.14. The first-order chi connectivity index (χ1) is 12.0. The maximum absolute atomic E-state index is 11.8. The summed E-state index contributed by atoms with van der Waals surface area (Å²) in [7, 11) is 0. The SMILES string of the molecule is CC(CCc1ccccc1)NC(=O)COC(=O)c1c[nH]c(=O)[nH]c1=O. The van der Waals surface area contributed by atoms with E-state index < -0.39 is 29.7 Å². The van der Waals surface area contributed by atoms with Gasteiger partial charge in [0.2, 0.25) is 0 Å². The van der Waals surface area contributed by atoms with Crippen LogP contribution in [-0.4, -0.2) is 34.5 Å². The van der Waals surface area contributed by atoms with Crippen LogP contribution >= 0.6 is 0 Å². The molecular weight excluding hydrogens is 326 g/mol. The van der Waals surface area contributed by atoms with Crippen LogP contribution in [0.15, 0.2) is 46.1 Å². The highest BCUT2D eigenvalue weighted by Crippen LogP contribution is 2.04. The number of aromatic amines is 2. The van der Waals surface area contributed by atoms with Crippen molar-refractivity contribution in [1.29, 1.82) is 0 Å². The largest absolute Gasteiger partial charge is 0.452 e. The maximum Gasteiger partial charge on any atom is 0.345 e. The molecule has 1 aromatic carbocycles. The van der Waals surface area contributed by atoms with Crippen molar-refractivity contribution in [3.8, 4) is 0 Å². The van der Waals surface area contributed by atoms with Crippen LogP contribution in [0.4, 0.5) is 0 Å². The van der Waals surface area contributed by atoms with E-state index in [0.29, 0.717) is 0 Å². The minimum atomic E-state index is -0.982. The van der Waals surface area contributed by atoms with Crippen molar-refractivity contribution in [2.75, 3.05) is 6.61 Å². The Morgan fingerprint density at radius 2 is 1.92 bits per heavy atom. The third kappa shape index (κ3) is 5.76. The summed E-state index contributed by atoms with van der Waals surface area (Å²) >= 11 is 0. The van der Waals surface area contributed by atoms with Crippen LogP contribution in [0.25, 0.3) is 0 Å². The highest BCUT2D eigenvalue weighted by Gasteiger charge is 2.15. The second-order valence-corrected chi connectivity index (χ2v) is 5.55. The molecule has 1 amide bonds. The van der Waals surface area contributed by atoms with E-state index >= 15 is 0 Å². The van der Waals surface area contributed by atoms with Crippen molar-refractivity contribution >= 4 is 11.9 Å². The Morgan fingerprint density at radius 3 is 2.60 bits per heavy atom. The third-order valence-electron chi connectivity index (χ3n) is 3.49. The number of benzene rings is 1. The molecule has 0 aliphatic heterocycles. The summed E-state index contributed by atoms with van der Waals surface area (Å²) in [5.74, 6) is -1.45. The van der Waals surface area contributed by atoms with E-state index in [0.717, 1.165) is 19.0 Å². The van der Waals surface area contributed by atoms with Crippen molar-refractivity contribution in [2.45, 2.75) is 25.8 Å². The van der Waals surface area contributed by atoms with Gasteiger partial charge in [0.25, 0.3) is 11.5 Å². The van der Waals surface area contributed by atoms with Crippen molar-refractivity contribution < 1.29 is 14.3 Å². The average molecular weight is 345 g/mol. The number of ether oxygens (including phenoxy) is 1. The summed E-state index contributed by atoms with van der Waals surface area (Å²) in [6.07, 6.45) is 2.50. The van der Waals surface area contributed by atoms with Gasteiger partial charge in [0, 0.05) is 12.2 Å². The lowest BCUT2D eigenvalue weighted by molar-refractivity contribution is -0.124. The van der Waals surface area contributed by atoms with E-state index in [2.05, 4.69) is 10.3 Å². The molecule has 1 heterocycles. The van der Waals surface area contributed by atoms with Crippen LogP contribution in [0.2, 0.25) is 0 Å². The molecule has 0 bridgehead atoms. The highest BCUT2D eigenvalue weighted by molar-refractivity contribution is 5.90. The molecule has 2 aromatic rings. The minimum absolute atomic E-state index is 0.0945. The molecule has 2 rings (SSSR count). The summed E-state index contributed by atoms with van der Waals surface area (Å²) in [6.45, 7) is 1.35. The van der Waals surface area contributed by atoms with Gasteiger partial charge in [0.1, 0.15) is 5.56 Å². The second kappa shape index (κ2) is 8.62. The predicted molar refractivity (Wildman–Crippen MR) is 90.3 cm³/mol. The van der Waals surface area contributed by atoms with Crippen molar-refractivity contribution in [1.82, 2.24) is 15.3 Å². The molecule has 0 aliphatic rings. The topological polar surface area (TPSA) is 121 Å². The van der Waals surface area contributed by atoms with E-state index in [1.165, 1.54) is 5.56 Å². The fraction of sp³-hybridized carbons (Fsp3) is 0.294. The van der Waals surface area contributed by atoms with Gasteiger partial charge in [-0.3, -0.25) is 14.6 Å². The minimum Gasteiger partial charge on any atom is -0.452 e. The Labute approximate surface area is 143 Å². The van der Waals surface area contributed by atoms with Gasteiger partial charge in [-0.1, -0.05) is 30.3 Å². The predicted octanol–water partition coefficient (Wildman–Crippen LogP) is 0.358. The van der Waals surface area contributed by atoms with Gasteiger partial charge >= 0.3 is 11.7 Å². The Bertz CT molecular complexity index is 841. The van der Waals surface area contributed by atoms with Crippen LogP contribution < -0.4 is 16.6 Å². The summed E-state index contributed by atoms with van der Waals surface area (Å²) < 4.78 is 4.78.